The lowest BCUT2D eigenvalue weighted by Crippen LogP contribution is -1.99. The number of para-hydroxylation sites is 3. The molecule has 7 aromatic carbocycles. The van der Waals surface area contributed by atoms with Gasteiger partial charge in [0.05, 0.1) is 27.8 Å². The Bertz CT molecular complexity index is 2710. The second-order valence-corrected chi connectivity index (χ2v) is 12.8. The van der Waals surface area contributed by atoms with E-state index in [4.69, 9.17) is 0 Å². The first-order valence-electron chi connectivity index (χ1n) is 15.4. The van der Waals surface area contributed by atoms with Crippen LogP contribution in [-0.2, 0) is 0 Å². The van der Waals surface area contributed by atoms with Crippen molar-refractivity contribution in [2.75, 3.05) is 0 Å². The summed E-state index contributed by atoms with van der Waals surface area (Å²) < 4.78 is 7.55. The Morgan fingerprint density at radius 2 is 0.933 bits per heavy atom. The van der Waals surface area contributed by atoms with Gasteiger partial charge in [0.25, 0.3) is 0 Å². The number of hydrogen-bond acceptors (Lipinski definition) is 1. The third-order valence-electron chi connectivity index (χ3n) is 9.32. The van der Waals surface area contributed by atoms with Gasteiger partial charge in [-0.2, -0.15) is 0 Å². The standard InChI is InChI=1S/C42H26N2S/c1-2-12-27(13-3-1)29-23-25-40-41(33-17-7-11-21-39(33)45-40)42(29)44-37-20-10-6-16-32(37)34-26-28(22-24-38(34)44)43-35-18-8-4-14-30(35)31-15-5-9-19-36(31)43/h1-26H. The summed E-state index contributed by atoms with van der Waals surface area (Å²) in [5, 5.41) is 7.67. The molecule has 45 heavy (non-hydrogen) atoms. The van der Waals surface area contributed by atoms with Crippen LogP contribution >= 0.6 is 11.3 Å². The highest BCUT2D eigenvalue weighted by Crippen LogP contribution is 2.45. The molecule has 0 atom stereocenters. The zero-order chi connectivity index (χ0) is 29.5. The molecule has 3 aromatic heterocycles. The predicted molar refractivity (Wildman–Crippen MR) is 193 cm³/mol. The van der Waals surface area contributed by atoms with Gasteiger partial charge in [-0.05, 0) is 54.1 Å². The SMILES string of the molecule is c1ccc(-c2ccc3sc4ccccc4c3c2-n2c3ccccc3c3cc(-n4c5ccccc5c5ccccc54)ccc32)cc1. The molecule has 3 heteroatoms. The molecule has 0 saturated carbocycles. The molecule has 0 aliphatic carbocycles. The fourth-order valence-corrected chi connectivity index (χ4v) is 8.53. The Labute approximate surface area is 263 Å². The Morgan fingerprint density at radius 1 is 0.378 bits per heavy atom. The van der Waals surface area contributed by atoms with Crippen LogP contribution in [0.3, 0.4) is 0 Å². The van der Waals surface area contributed by atoms with E-state index in [9.17, 15) is 0 Å². The summed E-state index contributed by atoms with van der Waals surface area (Å²) in [6.07, 6.45) is 0. The Hall–Kier alpha value is -5.64. The minimum Gasteiger partial charge on any atom is -0.309 e. The number of rotatable bonds is 3. The summed E-state index contributed by atoms with van der Waals surface area (Å²) in [6, 6.07) is 57.7. The van der Waals surface area contributed by atoms with E-state index >= 15 is 0 Å². The van der Waals surface area contributed by atoms with Crippen LogP contribution in [0, 0.1) is 0 Å². The summed E-state index contributed by atoms with van der Waals surface area (Å²) in [5.74, 6) is 0. The molecule has 0 aliphatic heterocycles. The van der Waals surface area contributed by atoms with Crippen molar-refractivity contribution in [2.45, 2.75) is 0 Å². The first-order valence-corrected chi connectivity index (χ1v) is 16.2. The van der Waals surface area contributed by atoms with Crippen LogP contribution in [0.15, 0.2) is 158 Å². The first kappa shape index (κ1) is 24.8. The molecule has 10 rings (SSSR count). The summed E-state index contributed by atoms with van der Waals surface area (Å²) in [4.78, 5) is 0. The third kappa shape index (κ3) is 3.50. The molecular weight excluding hydrogens is 565 g/mol. The average Bonchev–Trinajstić information content (AvgIpc) is 3.76. The molecule has 0 spiro atoms. The number of hydrogen-bond donors (Lipinski definition) is 0. The van der Waals surface area contributed by atoms with Crippen LogP contribution in [0.4, 0.5) is 0 Å². The normalized spacial score (nSPS) is 12.0. The van der Waals surface area contributed by atoms with E-state index in [1.807, 2.05) is 11.3 Å². The maximum Gasteiger partial charge on any atom is 0.0633 e. The molecule has 0 aliphatic rings. The van der Waals surface area contributed by atoms with E-state index in [2.05, 4.69) is 167 Å². The van der Waals surface area contributed by atoms with Crippen LogP contribution in [0.2, 0.25) is 0 Å². The highest BCUT2D eigenvalue weighted by Gasteiger charge is 2.21. The van der Waals surface area contributed by atoms with Gasteiger partial charge in [-0.15, -0.1) is 11.3 Å². The van der Waals surface area contributed by atoms with Gasteiger partial charge < -0.3 is 9.13 Å². The van der Waals surface area contributed by atoms with E-state index in [0.717, 1.165) is 0 Å². The fraction of sp³-hybridized carbons (Fsp3) is 0. The first-order chi connectivity index (χ1) is 22.3. The van der Waals surface area contributed by atoms with Gasteiger partial charge in [-0.25, -0.2) is 0 Å². The van der Waals surface area contributed by atoms with Crippen molar-refractivity contribution < 1.29 is 0 Å². The number of fused-ring (bicyclic) bond motifs is 9. The molecular formula is C42H26N2S. The van der Waals surface area contributed by atoms with Crippen molar-refractivity contribution in [1.82, 2.24) is 9.13 Å². The molecule has 2 nitrogen and oxygen atoms in total. The second kappa shape index (κ2) is 9.43. The molecule has 0 amide bonds. The second-order valence-electron chi connectivity index (χ2n) is 11.7. The van der Waals surface area contributed by atoms with E-state index in [0.29, 0.717) is 0 Å². The number of thiophene rings is 1. The van der Waals surface area contributed by atoms with Crippen molar-refractivity contribution in [3.63, 3.8) is 0 Å². The Balaban J connectivity index is 1.35. The summed E-state index contributed by atoms with van der Waals surface area (Å²) in [7, 11) is 0. The fourth-order valence-electron chi connectivity index (χ4n) is 7.42. The molecule has 0 N–H and O–H groups in total. The molecule has 0 bridgehead atoms. The Morgan fingerprint density at radius 3 is 1.64 bits per heavy atom. The zero-order valence-corrected chi connectivity index (χ0v) is 25.1. The van der Waals surface area contributed by atoms with Gasteiger partial charge in [0.1, 0.15) is 0 Å². The van der Waals surface area contributed by atoms with Gasteiger partial charge >= 0.3 is 0 Å². The minimum absolute atomic E-state index is 1.17. The molecule has 0 saturated heterocycles. The molecule has 3 heterocycles. The lowest BCUT2D eigenvalue weighted by atomic mass is 9.99. The summed E-state index contributed by atoms with van der Waals surface area (Å²) >= 11 is 1.87. The maximum atomic E-state index is 2.52. The van der Waals surface area contributed by atoms with Crippen molar-refractivity contribution in [3.8, 4) is 22.5 Å². The van der Waals surface area contributed by atoms with Crippen LogP contribution < -0.4 is 0 Å². The van der Waals surface area contributed by atoms with Crippen molar-refractivity contribution in [1.29, 1.82) is 0 Å². The summed E-state index contributed by atoms with van der Waals surface area (Å²) in [6.45, 7) is 0. The monoisotopic (exact) mass is 590 g/mol. The van der Waals surface area contributed by atoms with E-state index in [1.54, 1.807) is 0 Å². The highest BCUT2D eigenvalue weighted by molar-refractivity contribution is 7.25. The Kier molecular flexibility index (Phi) is 5.19. The van der Waals surface area contributed by atoms with Gasteiger partial charge in [0, 0.05) is 53.0 Å². The molecule has 10 aromatic rings. The van der Waals surface area contributed by atoms with Crippen LogP contribution in [0.5, 0.6) is 0 Å². The molecule has 0 unspecified atom stereocenters. The van der Waals surface area contributed by atoms with E-state index in [-0.39, 0.29) is 0 Å². The third-order valence-corrected chi connectivity index (χ3v) is 10.5. The number of benzene rings is 7. The van der Waals surface area contributed by atoms with E-state index < -0.39 is 0 Å². The lowest BCUT2D eigenvalue weighted by molar-refractivity contribution is 1.17. The highest BCUT2D eigenvalue weighted by atomic mass is 32.1. The van der Waals surface area contributed by atoms with Crippen molar-refractivity contribution in [3.05, 3.63) is 158 Å². The number of aromatic nitrogens is 2. The average molecular weight is 591 g/mol. The largest absolute Gasteiger partial charge is 0.309 e. The maximum absolute atomic E-state index is 2.52. The summed E-state index contributed by atoms with van der Waals surface area (Å²) in [5.41, 5.74) is 9.74. The van der Waals surface area contributed by atoms with Gasteiger partial charge in [0.15, 0.2) is 0 Å². The van der Waals surface area contributed by atoms with E-state index in [1.165, 1.54) is 86.3 Å². The number of nitrogens with zero attached hydrogens (tertiary/aromatic N) is 2. The van der Waals surface area contributed by atoms with Gasteiger partial charge in [-0.1, -0.05) is 109 Å². The van der Waals surface area contributed by atoms with Crippen LogP contribution in [0.25, 0.3) is 86.3 Å². The lowest BCUT2D eigenvalue weighted by Gasteiger charge is -2.16. The van der Waals surface area contributed by atoms with Gasteiger partial charge in [0.2, 0.25) is 0 Å². The molecule has 210 valence electrons. The van der Waals surface area contributed by atoms with Gasteiger partial charge in [-0.3, -0.25) is 0 Å². The van der Waals surface area contributed by atoms with Crippen molar-refractivity contribution in [2.24, 2.45) is 0 Å². The van der Waals surface area contributed by atoms with Crippen LogP contribution in [0.1, 0.15) is 0 Å². The smallest absolute Gasteiger partial charge is 0.0633 e. The van der Waals surface area contributed by atoms with Crippen molar-refractivity contribution >= 4 is 75.1 Å². The quantitative estimate of drug-likeness (QED) is 0.194. The predicted octanol–water partition coefficient (Wildman–Crippen LogP) is 11.9. The topological polar surface area (TPSA) is 9.86 Å². The molecule has 0 radical (unpaired) electrons. The zero-order valence-electron chi connectivity index (χ0n) is 24.3. The molecule has 0 fully saturated rings. The van der Waals surface area contributed by atoms with Crippen LogP contribution in [-0.4, -0.2) is 9.13 Å². The minimum atomic E-state index is 1.17.